The van der Waals surface area contributed by atoms with Crippen molar-refractivity contribution in [2.45, 2.75) is 31.6 Å². The second-order valence-electron chi connectivity index (χ2n) is 6.47. The van der Waals surface area contributed by atoms with Gasteiger partial charge in [0.05, 0.1) is 12.5 Å². The second kappa shape index (κ2) is 8.64. The Bertz CT molecular complexity index is 779. The monoisotopic (exact) mass is 370 g/mol. The Hall–Kier alpha value is -2.93. The number of hydrogen-bond donors (Lipinski definition) is 1. The molecule has 7 heteroatoms. The number of nitrogens with zero attached hydrogens (tertiary/aromatic N) is 2. The molecule has 1 N–H and O–H groups in total. The molecule has 0 saturated carbocycles. The van der Waals surface area contributed by atoms with Gasteiger partial charge < -0.3 is 19.5 Å². The summed E-state index contributed by atoms with van der Waals surface area (Å²) in [6, 6.07) is 10.3. The van der Waals surface area contributed by atoms with E-state index in [1.54, 1.807) is 48.7 Å². The van der Waals surface area contributed by atoms with Crippen molar-refractivity contribution in [3.63, 3.8) is 0 Å². The van der Waals surface area contributed by atoms with Gasteiger partial charge in [0.15, 0.2) is 0 Å². The average molecular weight is 370 g/mol. The van der Waals surface area contributed by atoms with Gasteiger partial charge in [-0.3, -0.25) is 14.6 Å². The molecule has 0 aliphatic carbocycles. The standard InChI is InChI=1S/C20H22N2O5/c1-26-18-10-16(11-19(23)24)22(12-18)20(25)15-2-4-17(5-3-15)27-13-14-6-8-21-9-7-14/h2-9,16,18H,10-13H2,1H3,(H,23,24). The number of methoxy groups -OCH3 is 1. The van der Waals surface area contributed by atoms with Crippen molar-refractivity contribution in [2.24, 2.45) is 0 Å². The topological polar surface area (TPSA) is 89.0 Å². The number of carbonyl (C=O) groups excluding carboxylic acids is 1. The molecule has 1 saturated heterocycles. The first-order valence-corrected chi connectivity index (χ1v) is 8.74. The molecule has 1 aliphatic rings. The van der Waals surface area contributed by atoms with E-state index in [9.17, 15) is 9.59 Å². The number of pyridine rings is 1. The first-order valence-electron chi connectivity index (χ1n) is 8.74. The molecule has 2 unspecified atom stereocenters. The maximum Gasteiger partial charge on any atom is 0.305 e. The van der Waals surface area contributed by atoms with Gasteiger partial charge in [0, 0.05) is 37.7 Å². The van der Waals surface area contributed by atoms with Crippen molar-refractivity contribution < 1.29 is 24.2 Å². The fraction of sp³-hybridized carbons (Fsp3) is 0.350. The number of carboxylic acid groups (broad SMARTS) is 1. The number of hydrogen-bond acceptors (Lipinski definition) is 5. The smallest absolute Gasteiger partial charge is 0.305 e. The van der Waals surface area contributed by atoms with Crippen molar-refractivity contribution in [3.8, 4) is 5.75 Å². The van der Waals surface area contributed by atoms with Gasteiger partial charge in [-0.05, 0) is 48.4 Å². The van der Waals surface area contributed by atoms with Crippen LogP contribution >= 0.6 is 0 Å². The number of benzene rings is 1. The van der Waals surface area contributed by atoms with Crippen LogP contribution in [0.2, 0.25) is 0 Å². The van der Waals surface area contributed by atoms with E-state index >= 15 is 0 Å². The highest BCUT2D eigenvalue weighted by molar-refractivity contribution is 5.95. The molecule has 3 rings (SSSR count). The number of likely N-dealkylation sites (tertiary alicyclic amines) is 1. The molecule has 0 radical (unpaired) electrons. The zero-order valence-corrected chi connectivity index (χ0v) is 15.1. The number of aromatic nitrogens is 1. The summed E-state index contributed by atoms with van der Waals surface area (Å²) in [4.78, 5) is 29.5. The van der Waals surface area contributed by atoms with Crippen LogP contribution in [0.25, 0.3) is 0 Å². The van der Waals surface area contributed by atoms with E-state index in [2.05, 4.69) is 4.98 Å². The predicted octanol–water partition coefficient (Wildman–Crippen LogP) is 2.36. The Kier molecular flexibility index (Phi) is 6.03. The lowest BCUT2D eigenvalue weighted by molar-refractivity contribution is -0.137. The molecule has 2 aromatic rings. The number of ether oxygens (including phenoxy) is 2. The fourth-order valence-corrected chi connectivity index (χ4v) is 3.19. The highest BCUT2D eigenvalue weighted by atomic mass is 16.5. The van der Waals surface area contributed by atoms with E-state index in [4.69, 9.17) is 14.6 Å². The zero-order valence-electron chi connectivity index (χ0n) is 15.1. The van der Waals surface area contributed by atoms with Crippen molar-refractivity contribution in [2.75, 3.05) is 13.7 Å². The van der Waals surface area contributed by atoms with Crippen LogP contribution in [0.4, 0.5) is 0 Å². The quantitative estimate of drug-likeness (QED) is 0.805. The van der Waals surface area contributed by atoms with Gasteiger partial charge in [-0.25, -0.2) is 0 Å². The van der Waals surface area contributed by atoms with Crippen LogP contribution in [0.5, 0.6) is 5.75 Å². The Morgan fingerprint density at radius 1 is 1.19 bits per heavy atom. The molecule has 1 aromatic carbocycles. The number of amides is 1. The Morgan fingerprint density at radius 3 is 2.52 bits per heavy atom. The maximum absolute atomic E-state index is 12.8. The molecule has 7 nitrogen and oxygen atoms in total. The van der Waals surface area contributed by atoms with Crippen LogP contribution in [0.1, 0.15) is 28.8 Å². The van der Waals surface area contributed by atoms with Gasteiger partial charge >= 0.3 is 5.97 Å². The zero-order chi connectivity index (χ0) is 19.2. The van der Waals surface area contributed by atoms with Crippen LogP contribution in [-0.4, -0.2) is 52.7 Å². The summed E-state index contributed by atoms with van der Waals surface area (Å²) in [7, 11) is 1.57. The molecule has 2 atom stereocenters. The van der Waals surface area contributed by atoms with Crippen LogP contribution in [-0.2, 0) is 16.1 Å². The lowest BCUT2D eigenvalue weighted by Gasteiger charge is -2.23. The fourth-order valence-electron chi connectivity index (χ4n) is 3.19. The highest BCUT2D eigenvalue weighted by Crippen LogP contribution is 2.25. The normalized spacial score (nSPS) is 19.1. The third-order valence-electron chi connectivity index (χ3n) is 4.64. The summed E-state index contributed by atoms with van der Waals surface area (Å²) in [5.74, 6) is -0.461. The van der Waals surface area contributed by atoms with Gasteiger partial charge in [-0.15, -0.1) is 0 Å². The minimum Gasteiger partial charge on any atom is -0.489 e. The molecule has 1 fully saturated rings. The van der Waals surface area contributed by atoms with Crippen molar-refractivity contribution >= 4 is 11.9 Å². The molecule has 0 spiro atoms. The van der Waals surface area contributed by atoms with Gasteiger partial charge in [-0.2, -0.15) is 0 Å². The Morgan fingerprint density at radius 2 is 1.89 bits per heavy atom. The summed E-state index contributed by atoms with van der Waals surface area (Å²) in [5.41, 5.74) is 1.50. The molecular formula is C20H22N2O5. The summed E-state index contributed by atoms with van der Waals surface area (Å²) in [6.07, 6.45) is 3.72. The number of aliphatic carboxylic acids is 1. The van der Waals surface area contributed by atoms with E-state index in [-0.39, 0.29) is 24.5 Å². The summed E-state index contributed by atoms with van der Waals surface area (Å²) in [5, 5.41) is 9.09. The van der Waals surface area contributed by atoms with Gasteiger partial charge in [0.25, 0.3) is 5.91 Å². The van der Waals surface area contributed by atoms with E-state index in [1.807, 2.05) is 12.1 Å². The van der Waals surface area contributed by atoms with E-state index in [0.29, 0.717) is 30.9 Å². The molecule has 2 heterocycles. The highest BCUT2D eigenvalue weighted by Gasteiger charge is 2.36. The van der Waals surface area contributed by atoms with Crippen molar-refractivity contribution in [1.29, 1.82) is 0 Å². The number of carbonyl (C=O) groups is 2. The van der Waals surface area contributed by atoms with Gasteiger partial charge in [-0.1, -0.05) is 0 Å². The SMILES string of the molecule is COC1CC(CC(=O)O)N(C(=O)c2ccc(OCc3ccncc3)cc2)C1. The number of carboxylic acids is 1. The average Bonchev–Trinajstić information content (AvgIpc) is 3.09. The van der Waals surface area contributed by atoms with Crippen LogP contribution in [0.15, 0.2) is 48.8 Å². The minimum absolute atomic E-state index is 0.0846. The van der Waals surface area contributed by atoms with Gasteiger partial charge in [0.2, 0.25) is 0 Å². The van der Waals surface area contributed by atoms with E-state index in [1.165, 1.54) is 0 Å². The summed E-state index contributed by atoms with van der Waals surface area (Å²) in [6.45, 7) is 0.811. The molecule has 142 valence electrons. The van der Waals surface area contributed by atoms with Crippen molar-refractivity contribution in [3.05, 3.63) is 59.9 Å². The molecule has 1 aliphatic heterocycles. The second-order valence-corrected chi connectivity index (χ2v) is 6.47. The lowest BCUT2D eigenvalue weighted by Crippen LogP contribution is -2.37. The Labute approximate surface area is 157 Å². The summed E-state index contributed by atoms with van der Waals surface area (Å²) < 4.78 is 11.0. The maximum atomic E-state index is 12.8. The first kappa shape index (κ1) is 18.8. The lowest BCUT2D eigenvalue weighted by atomic mass is 10.1. The van der Waals surface area contributed by atoms with Crippen molar-refractivity contribution in [1.82, 2.24) is 9.88 Å². The minimum atomic E-state index is -0.922. The molecule has 27 heavy (non-hydrogen) atoms. The number of rotatable bonds is 7. The largest absolute Gasteiger partial charge is 0.489 e. The molecular weight excluding hydrogens is 348 g/mol. The predicted molar refractivity (Wildman–Crippen MR) is 97.5 cm³/mol. The molecule has 0 bridgehead atoms. The van der Waals surface area contributed by atoms with Crippen LogP contribution in [0, 0.1) is 0 Å². The molecule has 1 aromatic heterocycles. The van der Waals surface area contributed by atoms with Gasteiger partial charge in [0.1, 0.15) is 12.4 Å². The third-order valence-corrected chi connectivity index (χ3v) is 4.64. The summed E-state index contributed by atoms with van der Waals surface area (Å²) >= 11 is 0. The Balaban J connectivity index is 1.64. The third kappa shape index (κ3) is 4.83. The van der Waals surface area contributed by atoms with E-state index in [0.717, 1.165) is 5.56 Å². The van der Waals surface area contributed by atoms with E-state index < -0.39 is 5.97 Å². The molecule has 1 amide bonds. The first-order chi connectivity index (χ1) is 13.1. The van der Waals surface area contributed by atoms with Crippen LogP contribution in [0.3, 0.4) is 0 Å². The van der Waals surface area contributed by atoms with Crippen LogP contribution < -0.4 is 4.74 Å².